The molecule has 1 aromatic heterocycles. The van der Waals surface area contributed by atoms with Gasteiger partial charge in [-0.15, -0.1) is 23.1 Å². The van der Waals surface area contributed by atoms with E-state index in [1.807, 2.05) is 17.7 Å². The first-order chi connectivity index (χ1) is 8.31. The molecule has 1 fully saturated rings. The fraction of sp³-hybridized carbons (Fsp3) is 0.583. The number of amides is 1. The minimum Gasteiger partial charge on any atom is -0.351 e. The van der Waals surface area contributed by atoms with E-state index in [0.29, 0.717) is 0 Å². The number of carbonyl (C=O) groups excluding carboxylic acids is 1. The number of carbonyl (C=O) groups is 1. The molecule has 2 heterocycles. The number of hydrogen-bond donors (Lipinski definition) is 2. The standard InChI is InChI=1S/C12H18N2OS2/c1-16-10-4-7-17-11(10)12(15)14-6-3-9-2-5-13-8-9/h4,7,9,13H,2-3,5-6,8H2,1H3,(H,14,15). The van der Waals surface area contributed by atoms with E-state index in [9.17, 15) is 4.79 Å². The molecule has 1 aliphatic rings. The predicted octanol–water partition coefficient (Wildman–Crippen LogP) is 2.20. The van der Waals surface area contributed by atoms with E-state index in [1.54, 1.807) is 11.8 Å². The second-order valence-electron chi connectivity index (χ2n) is 4.22. The van der Waals surface area contributed by atoms with Gasteiger partial charge in [0, 0.05) is 11.4 Å². The van der Waals surface area contributed by atoms with Gasteiger partial charge in [0.15, 0.2) is 0 Å². The van der Waals surface area contributed by atoms with Crippen molar-refractivity contribution in [2.45, 2.75) is 17.7 Å². The molecule has 0 radical (unpaired) electrons. The molecule has 0 aliphatic carbocycles. The zero-order valence-corrected chi connectivity index (χ0v) is 11.6. The highest BCUT2D eigenvalue weighted by Crippen LogP contribution is 2.25. The Balaban J connectivity index is 1.77. The van der Waals surface area contributed by atoms with Crippen LogP contribution in [0.15, 0.2) is 16.3 Å². The molecule has 1 aromatic rings. The van der Waals surface area contributed by atoms with Crippen molar-refractivity contribution in [1.29, 1.82) is 0 Å². The molecule has 0 spiro atoms. The van der Waals surface area contributed by atoms with E-state index in [0.717, 1.165) is 41.7 Å². The third-order valence-corrected chi connectivity index (χ3v) is 4.88. The van der Waals surface area contributed by atoms with Gasteiger partial charge in [-0.2, -0.15) is 0 Å². The van der Waals surface area contributed by atoms with Crippen LogP contribution >= 0.6 is 23.1 Å². The number of hydrogen-bond acceptors (Lipinski definition) is 4. The highest BCUT2D eigenvalue weighted by molar-refractivity contribution is 7.98. The van der Waals surface area contributed by atoms with Crippen LogP contribution in [0.3, 0.4) is 0 Å². The summed E-state index contributed by atoms with van der Waals surface area (Å²) < 4.78 is 0. The smallest absolute Gasteiger partial charge is 0.262 e. The zero-order chi connectivity index (χ0) is 12.1. The van der Waals surface area contributed by atoms with Gasteiger partial charge in [0.2, 0.25) is 0 Å². The zero-order valence-electron chi connectivity index (χ0n) is 9.99. The predicted molar refractivity (Wildman–Crippen MR) is 74.0 cm³/mol. The SMILES string of the molecule is CSc1ccsc1C(=O)NCCC1CCNC1. The molecule has 2 N–H and O–H groups in total. The normalized spacial score (nSPS) is 19.5. The molecule has 94 valence electrons. The number of nitrogens with one attached hydrogen (secondary N) is 2. The van der Waals surface area contributed by atoms with Gasteiger partial charge in [-0.25, -0.2) is 0 Å². The van der Waals surface area contributed by atoms with E-state index < -0.39 is 0 Å². The van der Waals surface area contributed by atoms with E-state index in [4.69, 9.17) is 0 Å². The lowest BCUT2D eigenvalue weighted by atomic mass is 10.1. The number of thioether (sulfide) groups is 1. The first-order valence-corrected chi connectivity index (χ1v) is 8.02. The summed E-state index contributed by atoms with van der Waals surface area (Å²) in [6.45, 7) is 3.02. The third-order valence-electron chi connectivity index (χ3n) is 3.06. The molecule has 1 aliphatic heterocycles. The van der Waals surface area contributed by atoms with Gasteiger partial charge in [0.25, 0.3) is 5.91 Å². The Kier molecular flexibility index (Phi) is 4.88. The lowest BCUT2D eigenvalue weighted by Crippen LogP contribution is -2.26. The lowest BCUT2D eigenvalue weighted by Gasteiger charge is -2.09. The third kappa shape index (κ3) is 3.47. The minimum atomic E-state index is 0.0790. The Morgan fingerprint density at radius 3 is 3.29 bits per heavy atom. The fourth-order valence-corrected chi connectivity index (χ4v) is 3.72. The molecular weight excluding hydrogens is 252 g/mol. The molecule has 17 heavy (non-hydrogen) atoms. The molecule has 1 amide bonds. The molecule has 2 rings (SSSR count). The number of rotatable bonds is 5. The first kappa shape index (κ1) is 12.9. The van der Waals surface area contributed by atoms with Crippen LogP contribution in [0.25, 0.3) is 0 Å². The van der Waals surface area contributed by atoms with Gasteiger partial charge in [-0.3, -0.25) is 4.79 Å². The van der Waals surface area contributed by atoms with Crippen molar-refractivity contribution in [3.8, 4) is 0 Å². The van der Waals surface area contributed by atoms with Crippen LogP contribution in [0, 0.1) is 5.92 Å². The molecular formula is C12H18N2OS2. The van der Waals surface area contributed by atoms with Crippen LogP contribution in [-0.2, 0) is 0 Å². The largest absolute Gasteiger partial charge is 0.351 e. The van der Waals surface area contributed by atoms with Crippen LogP contribution in [0.1, 0.15) is 22.5 Å². The van der Waals surface area contributed by atoms with Crippen molar-refractivity contribution in [1.82, 2.24) is 10.6 Å². The molecule has 0 aromatic carbocycles. The van der Waals surface area contributed by atoms with Crippen LogP contribution in [0.5, 0.6) is 0 Å². The van der Waals surface area contributed by atoms with E-state index in [1.165, 1.54) is 17.8 Å². The molecule has 0 bridgehead atoms. The summed E-state index contributed by atoms with van der Waals surface area (Å²) in [5.74, 6) is 0.814. The van der Waals surface area contributed by atoms with Crippen LogP contribution in [0.4, 0.5) is 0 Å². The summed E-state index contributed by atoms with van der Waals surface area (Å²) in [4.78, 5) is 13.9. The highest BCUT2D eigenvalue weighted by atomic mass is 32.2. The van der Waals surface area contributed by atoms with Gasteiger partial charge in [-0.05, 0) is 49.6 Å². The van der Waals surface area contributed by atoms with Crippen molar-refractivity contribution in [2.24, 2.45) is 5.92 Å². The molecule has 3 nitrogen and oxygen atoms in total. The van der Waals surface area contributed by atoms with Crippen molar-refractivity contribution in [2.75, 3.05) is 25.9 Å². The summed E-state index contributed by atoms with van der Waals surface area (Å²) in [6, 6.07) is 2.01. The molecule has 1 unspecified atom stereocenters. The second-order valence-corrected chi connectivity index (χ2v) is 5.99. The van der Waals surface area contributed by atoms with E-state index in [2.05, 4.69) is 10.6 Å². The number of thiophene rings is 1. The lowest BCUT2D eigenvalue weighted by molar-refractivity contribution is 0.0953. The average Bonchev–Trinajstić information content (AvgIpc) is 2.99. The first-order valence-electron chi connectivity index (χ1n) is 5.91. The maximum Gasteiger partial charge on any atom is 0.262 e. The maximum absolute atomic E-state index is 11.9. The Labute approximate surface area is 110 Å². The molecule has 1 saturated heterocycles. The van der Waals surface area contributed by atoms with E-state index in [-0.39, 0.29) is 5.91 Å². The molecule has 5 heteroatoms. The van der Waals surface area contributed by atoms with Crippen LogP contribution in [-0.4, -0.2) is 31.8 Å². The summed E-state index contributed by atoms with van der Waals surface area (Å²) in [5, 5.41) is 8.33. The van der Waals surface area contributed by atoms with Gasteiger partial charge >= 0.3 is 0 Å². The fourth-order valence-electron chi connectivity index (χ4n) is 2.05. The summed E-state index contributed by atoms with van der Waals surface area (Å²) in [5.41, 5.74) is 0. The van der Waals surface area contributed by atoms with E-state index >= 15 is 0 Å². The summed E-state index contributed by atoms with van der Waals surface area (Å²) in [6.07, 6.45) is 4.33. The highest BCUT2D eigenvalue weighted by Gasteiger charge is 2.16. The summed E-state index contributed by atoms with van der Waals surface area (Å²) in [7, 11) is 0. The quantitative estimate of drug-likeness (QED) is 0.806. The van der Waals surface area contributed by atoms with Crippen LogP contribution < -0.4 is 10.6 Å². The topological polar surface area (TPSA) is 41.1 Å². The Morgan fingerprint density at radius 1 is 1.71 bits per heavy atom. The van der Waals surface area contributed by atoms with Crippen molar-refractivity contribution in [3.05, 3.63) is 16.3 Å². The van der Waals surface area contributed by atoms with Crippen molar-refractivity contribution >= 4 is 29.0 Å². The summed E-state index contributed by atoms with van der Waals surface area (Å²) >= 11 is 3.15. The van der Waals surface area contributed by atoms with Gasteiger partial charge in [0.05, 0.1) is 0 Å². The molecule has 0 saturated carbocycles. The monoisotopic (exact) mass is 270 g/mol. The minimum absolute atomic E-state index is 0.0790. The van der Waals surface area contributed by atoms with Crippen molar-refractivity contribution in [3.63, 3.8) is 0 Å². The Morgan fingerprint density at radius 2 is 2.59 bits per heavy atom. The van der Waals surface area contributed by atoms with Crippen molar-refractivity contribution < 1.29 is 4.79 Å². The van der Waals surface area contributed by atoms with Gasteiger partial charge < -0.3 is 10.6 Å². The van der Waals surface area contributed by atoms with Gasteiger partial charge in [0.1, 0.15) is 4.88 Å². The maximum atomic E-state index is 11.9. The average molecular weight is 270 g/mol. The second kappa shape index (κ2) is 6.42. The van der Waals surface area contributed by atoms with Gasteiger partial charge in [-0.1, -0.05) is 0 Å². The Hall–Kier alpha value is -0.520. The van der Waals surface area contributed by atoms with Crippen LogP contribution in [0.2, 0.25) is 0 Å². The Bertz CT molecular complexity index is 372. The molecule has 1 atom stereocenters.